The van der Waals surface area contributed by atoms with E-state index < -0.39 is 60.5 Å². The van der Waals surface area contributed by atoms with Crippen LogP contribution in [-0.4, -0.2) is 75.1 Å². The first-order chi connectivity index (χ1) is 15.5. The number of hydrogen-bond donors (Lipinski definition) is 8. The van der Waals surface area contributed by atoms with Crippen LogP contribution in [0.4, 0.5) is 5.82 Å². The van der Waals surface area contributed by atoms with Gasteiger partial charge in [-0.2, -0.15) is 8.62 Å². The number of aliphatic hydroxyl groups excluding tert-OH is 2. The van der Waals surface area contributed by atoms with Gasteiger partial charge in [0.25, 0.3) is 5.91 Å². The fraction of sp³-hybridized carbons (Fsp3) is 0.417. The van der Waals surface area contributed by atoms with Gasteiger partial charge in [0.2, 0.25) is 0 Å². The molecule has 2 unspecified atom stereocenters. The highest BCUT2D eigenvalue weighted by atomic mass is 31.3. The number of nitrogens with zero attached hydrogens (tertiary/aromatic N) is 3. The van der Waals surface area contributed by atoms with E-state index in [9.17, 15) is 33.6 Å². The molecule has 190 valence electrons. The van der Waals surface area contributed by atoms with Gasteiger partial charge in [0.05, 0.1) is 17.6 Å². The molecule has 34 heavy (non-hydrogen) atoms. The number of carbonyl (C=O) groups is 1. The Morgan fingerprint density at radius 3 is 2.32 bits per heavy atom. The van der Waals surface area contributed by atoms with Gasteiger partial charge in [-0.25, -0.2) is 23.7 Å². The highest BCUT2D eigenvalue weighted by Crippen LogP contribution is 2.66. The molecule has 1 saturated heterocycles. The highest BCUT2D eigenvalue weighted by molar-refractivity contribution is 7.66. The number of nitrogen functional groups attached to an aromatic ring is 1. The van der Waals surface area contributed by atoms with Crippen LogP contribution in [0.25, 0.3) is 11.0 Å². The molecule has 0 aliphatic carbocycles. The van der Waals surface area contributed by atoms with Crippen LogP contribution >= 0.6 is 23.5 Å². The largest absolute Gasteiger partial charge is 0.490 e. The van der Waals surface area contributed by atoms with Crippen molar-refractivity contribution in [3.8, 4) is 0 Å². The zero-order valence-electron chi connectivity index (χ0n) is 16.5. The van der Waals surface area contributed by atoms with E-state index in [0.29, 0.717) is 0 Å². The van der Waals surface area contributed by atoms with Gasteiger partial charge >= 0.3 is 23.5 Å². The number of anilines is 1. The molecule has 0 bridgehead atoms. The van der Waals surface area contributed by atoms with Gasteiger partial charge in [0.1, 0.15) is 36.1 Å². The van der Waals surface area contributed by atoms with E-state index in [1.54, 1.807) is 0 Å². The van der Waals surface area contributed by atoms with Crippen molar-refractivity contribution in [3.05, 3.63) is 18.1 Å². The van der Waals surface area contributed by atoms with Gasteiger partial charge in [-0.3, -0.25) is 9.32 Å². The zero-order chi connectivity index (χ0) is 25.6. The summed E-state index contributed by atoms with van der Waals surface area (Å²) in [4.78, 5) is 55.2. The van der Waals surface area contributed by atoms with Gasteiger partial charge in [-0.15, -0.1) is 0 Å². The molecule has 3 rings (SSSR count). The standard InChI is InChI=1S/C12H18N5O14P3/c13-9-6-4(10(14)20)1-17(11(6)16-3-15-9)12-8(19)7(18)5(29-12)2-28-33(24,25)31-34(26,27)30-32(21,22)23/h1,3,5,7-8,12,18-19H,2H2,(H2,14,20)(H,24,25)(H,26,27)(H2,13,15,16)(H2,21,22,23)/t5-,7-,8-,12-/m1/s1. The molecule has 0 aromatic carbocycles. The normalized spacial score (nSPS) is 26.9. The minimum absolute atomic E-state index is 0.00825. The molecule has 10 N–H and O–H groups in total. The molecular weight excluding hydrogens is 531 g/mol. The second kappa shape index (κ2) is 9.33. The molecule has 1 fully saturated rings. The molecule has 1 aliphatic rings. The third kappa shape index (κ3) is 5.87. The van der Waals surface area contributed by atoms with Crippen LogP contribution < -0.4 is 11.5 Å². The maximum absolute atomic E-state index is 11.9. The maximum Gasteiger partial charge on any atom is 0.490 e. The Morgan fingerprint density at radius 1 is 1.09 bits per heavy atom. The van der Waals surface area contributed by atoms with E-state index in [2.05, 4.69) is 23.1 Å². The summed E-state index contributed by atoms with van der Waals surface area (Å²) in [6.45, 7) is -1.03. The average Bonchev–Trinajstić information content (AvgIpc) is 3.17. The number of rotatable bonds is 9. The Balaban J connectivity index is 1.78. The summed E-state index contributed by atoms with van der Waals surface area (Å²) in [5, 5.41) is 20.7. The first kappa shape index (κ1) is 26.8. The molecule has 2 aromatic heterocycles. The number of phosphoric ester groups is 1. The number of aliphatic hydroxyl groups is 2. The second-order valence-corrected chi connectivity index (χ2v) is 11.1. The molecule has 3 heterocycles. The third-order valence-corrected chi connectivity index (χ3v) is 8.14. The van der Waals surface area contributed by atoms with E-state index in [1.807, 2.05) is 0 Å². The zero-order valence-corrected chi connectivity index (χ0v) is 19.1. The van der Waals surface area contributed by atoms with Crippen molar-refractivity contribution in [1.82, 2.24) is 14.5 Å². The molecule has 22 heteroatoms. The van der Waals surface area contributed by atoms with Crippen molar-refractivity contribution >= 4 is 46.2 Å². The summed E-state index contributed by atoms with van der Waals surface area (Å²) in [6, 6.07) is 0. The van der Waals surface area contributed by atoms with E-state index in [4.69, 9.17) is 30.9 Å². The van der Waals surface area contributed by atoms with Crippen molar-refractivity contribution in [2.24, 2.45) is 5.73 Å². The SMILES string of the molecule is NC(=O)c1cn([C@@H]2O[C@H](COP(=O)(O)OP(=O)(O)OP(=O)(O)O)[C@@H](O)[C@H]2O)c2ncnc(N)c12. The molecule has 19 nitrogen and oxygen atoms in total. The van der Waals surface area contributed by atoms with E-state index in [1.165, 1.54) is 0 Å². The van der Waals surface area contributed by atoms with Crippen molar-refractivity contribution in [3.63, 3.8) is 0 Å². The van der Waals surface area contributed by atoms with E-state index in [0.717, 1.165) is 17.1 Å². The van der Waals surface area contributed by atoms with Crippen molar-refractivity contribution in [2.75, 3.05) is 12.3 Å². The molecule has 0 radical (unpaired) electrons. The van der Waals surface area contributed by atoms with Gasteiger partial charge in [-0.05, 0) is 0 Å². The molecule has 2 aromatic rings. The Hall–Kier alpha value is -1.82. The van der Waals surface area contributed by atoms with Crippen molar-refractivity contribution in [1.29, 1.82) is 0 Å². The van der Waals surface area contributed by atoms with E-state index in [-0.39, 0.29) is 22.4 Å². The quantitative estimate of drug-likeness (QED) is 0.158. The van der Waals surface area contributed by atoms with E-state index >= 15 is 0 Å². The topological polar surface area (TPSA) is 309 Å². The predicted octanol–water partition coefficient (Wildman–Crippen LogP) is -1.93. The molecule has 6 atom stereocenters. The summed E-state index contributed by atoms with van der Waals surface area (Å²) in [7, 11) is -16.8. The fourth-order valence-corrected chi connectivity index (χ4v) is 6.09. The molecule has 1 amide bonds. The summed E-state index contributed by atoms with van der Waals surface area (Å²) in [6.07, 6.45) is -4.33. The van der Waals surface area contributed by atoms with Crippen LogP contribution in [0.5, 0.6) is 0 Å². The maximum atomic E-state index is 11.9. The first-order valence-corrected chi connectivity index (χ1v) is 13.2. The molecule has 0 spiro atoms. The van der Waals surface area contributed by atoms with Crippen LogP contribution in [0.2, 0.25) is 0 Å². The Labute approximate surface area is 188 Å². The number of phosphoric acid groups is 3. The first-order valence-electron chi connectivity index (χ1n) is 8.72. The van der Waals surface area contributed by atoms with Crippen molar-refractivity contribution in [2.45, 2.75) is 24.5 Å². The lowest BCUT2D eigenvalue weighted by molar-refractivity contribution is -0.0501. The van der Waals surface area contributed by atoms with Gasteiger partial charge in [-0.1, -0.05) is 0 Å². The van der Waals surface area contributed by atoms with Gasteiger partial charge < -0.3 is 50.6 Å². The molecule has 1 aliphatic heterocycles. The number of aromatic nitrogens is 3. The number of fused-ring (bicyclic) bond motifs is 1. The Morgan fingerprint density at radius 2 is 1.74 bits per heavy atom. The highest BCUT2D eigenvalue weighted by Gasteiger charge is 2.47. The minimum Gasteiger partial charge on any atom is -0.387 e. The van der Waals surface area contributed by atoms with Crippen LogP contribution in [0.15, 0.2) is 12.5 Å². The Bertz CT molecular complexity index is 1250. The second-order valence-electron chi connectivity index (χ2n) is 6.70. The smallest absolute Gasteiger partial charge is 0.387 e. The lowest BCUT2D eigenvalue weighted by Crippen LogP contribution is -2.33. The fourth-order valence-electron chi connectivity index (χ4n) is 3.06. The summed E-state index contributed by atoms with van der Waals surface area (Å²) in [5.74, 6) is -1.03. The minimum atomic E-state index is -5.75. The van der Waals surface area contributed by atoms with Crippen LogP contribution in [0.3, 0.4) is 0 Å². The number of ether oxygens (including phenoxy) is 1. The van der Waals surface area contributed by atoms with Crippen LogP contribution in [0, 0.1) is 0 Å². The number of nitrogens with two attached hydrogens (primary N) is 2. The average molecular weight is 549 g/mol. The number of primary amides is 1. The van der Waals surface area contributed by atoms with Gasteiger partial charge in [0, 0.05) is 6.20 Å². The number of hydrogen-bond acceptors (Lipinski definition) is 13. The summed E-state index contributed by atoms with van der Waals surface area (Å²) >= 11 is 0. The number of amides is 1. The Kier molecular flexibility index (Phi) is 7.35. The molecule has 0 saturated carbocycles. The van der Waals surface area contributed by atoms with Gasteiger partial charge in [0.15, 0.2) is 6.23 Å². The molecular formula is C12H18N5O14P3. The monoisotopic (exact) mass is 549 g/mol. The lowest BCUT2D eigenvalue weighted by Gasteiger charge is -2.19. The summed E-state index contributed by atoms with van der Waals surface area (Å²) in [5.41, 5.74) is 10.9. The summed E-state index contributed by atoms with van der Waals surface area (Å²) < 4.78 is 52.0. The number of carbonyl (C=O) groups excluding carboxylic acids is 1. The van der Waals surface area contributed by atoms with Crippen LogP contribution in [-0.2, 0) is 31.6 Å². The predicted molar refractivity (Wildman–Crippen MR) is 106 cm³/mol. The van der Waals surface area contributed by atoms with Crippen LogP contribution in [0.1, 0.15) is 16.6 Å². The van der Waals surface area contributed by atoms with Crippen molar-refractivity contribution < 1.29 is 66.2 Å². The lowest BCUT2D eigenvalue weighted by atomic mass is 10.1. The third-order valence-electron chi connectivity index (χ3n) is 4.33.